The number of aromatic nitrogens is 3. The van der Waals surface area contributed by atoms with Gasteiger partial charge in [-0.2, -0.15) is 0 Å². The maximum absolute atomic E-state index is 12.8. The molecule has 43 heavy (non-hydrogen) atoms. The highest BCUT2D eigenvalue weighted by Crippen LogP contribution is 2.29. The Morgan fingerprint density at radius 2 is 1.77 bits per heavy atom. The van der Waals surface area contributed by atoms with Gasteiger partial charge in [-0.1, -0.05) is 32.0 Å². The number of anilines is 4. The van der Waals surface area contributed by atoms with Crippen molar-refractivity contribution in [3.05, 3.63) is 77.6 Å². The van der Waals surface area contributed by atoms with Gasteiger partial charge in [0.15, 0.2) is 5.75 Å². The average molecular weight is 582 g/mol. The van der Waals surface area contributed by atoms with Crippen molar-refractivity contribution in [2.45, 2.75) is 52.5 Å². The van der Waals surface area contributed by atoms with Gasteiger partial charge in [0.05, 0.1) is 17.1 Å². The van der Waals surface area contributed by atoms with Crippen molar-refractivity contribution in [1.29, 1.82) is 0 Å². The molecule has 2 N–H and O–H groups in total. The fraction of sp³-hybridized carbons (Fsp3) is 0.382. The Labute approximate surface area is 254 Å². The monoisotopic (exact) mass is 581 g/mol. The second-order valence-corrected chi connectivity index (χ2v) is 11.4. The number of hydrogen-bond donors (Lipinski definition) is 2. The number of amides is 1. The lowest BCUT2D eigenvalue weighted by Gasteiger charge is -2.36. The van der Waals surface area contributed by atoms with Crippen molar-refractivity contribution in [2.75, 3.05) is 42.7 Å². The van der Waals surface area contributed by atoms with Crippen molar-refractivity contribution in [3.63, 3.8) is 0 Å². The standard InChI is InChI=1S/C34H43N7O2/c1-7-24-10-9-11-25(8-2)32(24)38-34(42)43-28-21-31(40(6)22-28)30-14-17-35-33(37-30)36-29-13-12-27(20-23(29)3)41-18-15-26(16-19-41)39(4)5/h9-14,17,20-22,26H,7-8,15-16,18-19H2,1-6H3,(H,38,42)(H,35,36,37). The van der Waals surface area contributed by atoms with Gasteiger partial charge in [0.1, 0.15) is 0 Å². The van der Waals surface area contributed by atoms with Gasteiger partial charge in [-0.25, -0.2) is 14.8 Å². The maximum Gasteiger partial charge on any atom is 0.417 e. The summed E-state index contributed by atoms with van der Waals surface area (Å²) in [6.45, 7) is 8.39. The number of rotatable bonds is 9. The molecule has 2 aromatic carbocycles. The topological polar surface area (TPSA) is 87.5 Å². The van der Waals surface area contributed by atoms with E-state index >= 15 is 0 Å². The molecule has 1 aliphatic heterocycles. The Balaban J connectivity index is 1.26. The van der Waals surface area contributed by atoms with Crippen LogP contribution in [0, 0.1) is 6.92 Å². The van der Waals surface area contributed by atoms with Crippen molar-refractivity contribution in [1.82, 2.24) is 19.4 Å². The molecule has 0 aliphatic carbocycles. The summed E-state index contributed by atoms with van der Waals surface area (Å²) in [6.07, 6.45) is 6.99. The molecule has 9 nitrogen and oxygen atoms in total. The zero-order valence-electron chi connectivity index (χ0n) is 26.1. The number of ether oxygens (including phenoxy) is 1. The fourth-order valence-corrected chi connectivity index (χ4v) is 5.79. The van der Waals surface area contributed by atoms with E-state index in [1.165, 1.54) is 18.5 Å². The number of aryl methyl sites for hydroxylation is 4. The summed E-state index contributed by atoms with van der Waals surface area (Å²) in [5.41, 5.74) is 7.88. The van der Waals surface area contributed by atoms with Gasteiger partial charge in [-0.05, 0) is 87.7 Å². The minimum absolute atomic E-state index is 0.441. The van der Waals surface area contributed by atoms with Crippen molar-refractivity contribution < 1.29 is 9.53 Å². The summed E-state index contributed by atoms with van der Waals surface area (Å²) >= 11 is 0. The van der Waals surface area contributed by atoms with E-state index in [0.717, 1.165) is 65.4 Å². The lowest BCUT2D eigenvalue weighted by Crippen LogP contribution is -2.42. The largest absolute Gasteiger partial charge is 0.417 e. The lowest BCUT2D eigenvalue weighted by atomic mass is 10.0. The second-order valence-electron chi connectivity index (χ2n) is 11.4. The Kier molecular flexibility index (Phi) is 9.31. The number of carbonyl (C=O) groups excluding carboxylic acids is 1. The highest BCUT2D eigenvalue weighted by molar-refractivity contribution is 5.88. The molecule has 2 aromatic heterocycles. The lowest BCUT2D eigenvalue weighted by molar-refractivity contribution is 0.215. The molecule has 226 valence electrons. The number of carbonyl (C=O) groups is 1. The van der Waals surface area contributed by atoms with Crippen LogP contribution in [0.2, 0.25) is 0 Å². The Morgan fingerprint density at radius 1 is 1.05 bits per heavy atom. The third-order valence-electron chi connectivity index (χ3n) is 8.35. The molecule has 1 aliphatic rings. The van der Waals surface area contributed by atoms with E-state index < -0.39 is 6.09 Å². The molecule has 0 bridgehead atoms. The smallest absolute Gasteiger partial charge is 0.408 e. The van der Waals surface area contributed by atoms with Crippen LogP contribution in [-0.4, -0.2) is 58.8 Å². The van der Waals surface area contributed by atoms with Crippen molar-refractivity contribution in [2.24, 2.45) is 7.05 Å². The number of benzene rings is 2. The quantitative estimate of drug-likeness (QED) is 0.225. The molecule has 1 amide bonds. The molecule has 0 spiro atoms. The third-order valence-corrected chi connectivity index (χ3v) is 8.35. The Bertz CT molecular complexity index is 1550. The maximum atomic E-state index is 12.8. The molecule has 1 fully saturated rings. The molecule has 0 unspecified atom stereocenters. The second kappa shape index (κ2) is 13.3. The first kappa shape index (κ1) is 30.1. The summed E-state index contributed by atoms with van der Waals surface area (Å²) < 4.78 is 7.58. The summed E-state index contributed by atoms with van der Waals surface area (Å²) in [5, 5.41) is 6.35. The first-order valence-corrected chi connectivity index (χ1v) is 15.1. The van der Waals surface area contributed by atoms with Gasteiger partial charge < -0.3 is 24.4 Å². The van der Waals surface area contributed by atoms with E-state index in [9.17, 15) is 4.79 Å². The van der Waals surface area contributed by atoms with Crippen LogP contribution in [0.5, 0.6) is 5.75 Å². The Morgan fingerprint density at radius 3 is 2.42 bits per heavy atom. The van der Waals surface area contributed by atoms with Gasteiger partial charge in [0.25, 0.3) is 0 Å². The normalized spacial score (nSPS) is 13.8. The van der Waals surface area contributed by atoms with Gasteiger partial charge >= 0.3 is 6.09 Å². The van der Waals surface area contributed by atoms with E-state index in [4.69, 9.17) is 9.72 Å². The zero-order chi connectivity index (χ0) is 30.5. The number of nitrogens with zero attached hydrogens (tertiary/aromatic N) is 5. The van der Waals surface area contributed by atoms with Crippen LogP contribution in [0.4, 0.5) is 27.8 Å². The van der Waals surface area contributed by atoms with E-state index in [2.05, 4.69) is 78.5 Å². The molecule has 9 heteroatoms. The zero-order valence-corrected chi connectivity index (χ0v) is 26.1. The van der Waals surface area contributed by atoms with Crippen LogP contribution < -0.4 is 20.3 Å². The van der Waals surface area contributed by atoms with Crippen molar-refractivity contribution >= 4 is 29.1 Å². The molecule has 4 aromatic rings. The van der Waals surface area contributed by atoms with Crippen LogP contribution in [0.1, 0.15) is 43.4 Å². The first-order valence-electron chi connectivity index (χ1n) is 15.1. The first-order chi connectivity index (χ1) is 20.7. The SMILES string of the molecule is CCc1cccc(CC)c1NC(=O)Oc1cc(-c2ccnc(Nc3ccc(N4CCC(N(C)C)CC4)cc3C)n2)n(C)c1. The molecule has 0 radical (unpaired) electrons. The number of hydrogen-bond acceptors (Lipinski definition) is 7. The summed E-state index contributed by atoms with van der Waals surface area (Å²) in [5.74, 6) is 0.945. The Hall–Kier alpha value is -4.37. The molecule has 0 atom stereocenters. The van der Waals surface area contributed by atoms with Crippen LogP contribution in [0.15, 0.2) is 60.9 Å². The van der Waals surface area contributed by atoms with Gasteiger partial charge in [-0.3, -0.25) is 5.32 Å². The third kappa shape index (κ3) is 7.00. The van der Waals surface area contributed by atoms with Crippen molar-refractivity contribution in [3.8, 4) is 17.1 Å². The van der Waals surface area contributed by atoms with Crippen LogP contribution in [-0.2, 0) is 19.9 Å². The minimum Gasteiger partial charge on any atom is -0.408 e. The summed E-state index contributed by atoms with van der Waals surface area (Å²) in [7, 11) is 6.24. The predicted octanol–water partition coefficient (Wildman–Crippen LogP) is 6.80. The van der Waals surface area contributed by atoms with Crippen LogP contribution in [0.3, 0.4) is 0 Å². The van der Waals surface area contributed by atoms with Gasteiger partial charge in [0, 0.05) is 56.0 Å². The van der Waals surface area contributed by atoms with E-state index in [-0.39, 0.29) is 0 Å². The summed E-state index contributed by atoms with van der Waals surface area (Å²) in [6, 6.07) is 16.9. The predicted molar refractivity (Wildman–Crippen MR) is 175 cm³/mol. The highest BCUT2D eigenvalue weighted by Gasteiger charge is 2.21. The molecular weight excluding hydrogens is 538 g/mol. The molecular formula is C34H43N7O2. The number of para-hydroxylation sites is 1. The van der Waals surface area contributed by atoms with E-state index in [0.29, 0.717) is 17.7 Å². The molecule has 1 saturated heterocycles. The van der Waals surface area contributed by atoms with E-state index in [1.807, 2.05) is 41.9 Å². The van der Waals surface area contributed by atoms with E-state index in [1.54, 1.807) is 12.4 Å². The van der Waals surface area contributed by atoms with Gasteiger partial charge in [0.2, 0.25) is 5.95 Å². The summed E-state index contributed by atoms with van der Waals surface area (Å²) in [4.78, 5) is 26.9. The van der Waals surface area contributed by atoms with Crippen LogP contribution >= 0.6 is 0 Å². The van der Waals surface area contributed by atoms with Crippen LogP contribution in [0.25, 0.3) is 11.4 Å². The molecule has 0 saturated carbocycles. The molecule has 3 heterocycles. The fourth-order valence-electron chi connectivity index (χ4n) is 5.79. The minimum atomic E-state index is -0.515. The molecule has 5 rings (SSSR count). The number of nitrogens with one attached hydrogen (secondary N) is 2. The van der Waals surface area contributed by atoms with Gasteiger partial charge in [-0.15, -0.1) is 0 Å². The average Bonchev–Trinajstić information content (AvgIpc) is 3.37. The number of piperidine rings is 1. The highest BCUT2D eigenvalue weighted by atomic mass is 16.6.